The van der Waals surface area contributed by atoms with E-state index in [0.29, 0.717) is 11.9 Å². The lowest BCUT2D eigenvalue weighted by Gasteiger charge is -2.28. The van der Waals surface area contributed by atoms with E-state index in [9.17, 15) is 9.59 Å². The van der Waals surface area contributed by atoms with Crippen molar-refractivity contribution in [2.24, 2.45) is 7.05 Å². The maximum atomic E-state index is 13.5. The van der Waals surface area contributed by atoms with Gasteiger partial charge in [0.25, 0.3) is 11.1 Å². The van der Waals surface area contributed by atoms with Gasteiger partial charge in [0.05, 0.1) is 16.9 Å². The van der Waals surface area contributed by atoms with Crippen LogP contribution in [0.5, 0.6) is 0 Å². The van der Waals surface area contributed by atoms with Gasteiger partial charge < -0.3 is 0 Å². The molecule has 2 aliphatic rings. The van der Waals surface area contributed by atoms with E-state index in [2.05, 4.69) is 10.00 Å². The Hall–Kier alpha value is -2.80. The van der Waals surface area contributed by atoms with E-state index >= 15 is 0 Å². The Morgan fingerprint density at radius 3 is 2.63 bits per heavy atom. The van der Waals surface area contributed by atoms with Gasteiger partial charge in [0.1, 0.15) is 5.82 Å². The molecule has 0 radical (unpaired) electrons. The van der Waals surface area contributed by atoms with Crippen molar-refractivity contribution in [2.45, 2.75) is 57.2 Å². The quantitative estimate of drug-likeness (QED) is 0.667. The van der Waals surface area contributed by atoms with Gasteiger partial charge in [0, 0.05) is 31.4 Å². The Balaban J connectivity index is 1.60. The van der Waals surface area contributed by atoms with Gasteiger partial charge in [-0.05, 0) is 50.4 Å². The Morgan fingerprint density at radius 2 is 1.80 bits per heavy atom. The molecule has 1 atom stereocenters. The normalized spacial score (nSPS) is 20.4. The first-order chi connectivity index (χ1) is 14.6. The molecule has 30 heavy (non-hydrogen) atoms. The molecule has 1 aliphatic heterocycles. The summed E-state index contributed by atoms with van der Waals surface area (Å²) in [4.78, 5) is 33.3. The van der Waals surface area contributed by atoms with Crippen molar-refractivity contribution < 1.29 is 0 Å². The fraction of sp³-hybridized carbons (Fsp3) is 0.478. The van der Waals surface area contributed by atoms with Crippen LogP contribution in [0.4, 0.5) is 0 Å². The minimum atomic E-state index is -0.0668. The predicted molar refractivity (Wildman–Crippen MR) is 115 cm³/mol. The van der Waals surface area contributed by atoms with Gasteiger partial charge in [-0.3, -0.25) is 19.1 Å². The third-order valence-electron chi connectivity index (χ3n) is 6.64. The second-order valence-corrected chi connectivity index (χ2v) is 8.51. The van der Waals surface area contributed by atoms with Gasteiger partial charge in [0.2, 0.25) is 0 Å². The van der Waals surface area contributed by atoms with Crippen molar-refractivity contribution in [2.75, 3.05) is 6.54 Å². The molecule has 1 aromatic carbocycles. The molecule has 5 rings (SSSR count). The third kappa shape index (κ3) is 3.27. The molecule has 156 valence electrons. The van der Waals surface area contributed by atoms with Crippen LogP contribution in [0, 0.1) is 0 Å². The fourth-order valence-electron chi connectivity index (χ4n) is 5.12. The summed E-state index contributed by atoms with van der Waals surface area (Å²) in [5.74, 6) is 0.869. The molecule has 1 saturated heterocycles. The second kappa shape index (κ2) is 7.80. The average Bonchev–Trinajstić information content (AvgIpc) is 3.43. The van der Waals surface area contributed by atoms with E-state index in [-0.39, 0.29) is 23.2 Å². The lowest BCUT2D eigenvalue weighted by atomic mass is 10.1. The van der Waals surface area contributed by atoms with E-state index < -0.39 is 0 Å². The molecule has 3 aromatic rings. The summed E-state index contributed by atoms with van der Waals surface area (Å²) in [6.45, 7) is 1.44. The van der Waals surface area contributed by atoms with Crippen LogP contribution in [-0.4, -0.2) is 30.8 Å². The molecule has 1 aliphatic carbocycles. The molecule has 1 saturated carbocycles. The molecule has 0 bridgehead atoms. The number of rotatable bonds is 4. The average molecular weight is 406 g/mol. The molecule has 0 N–H and O–H groups in total. The number of para-hydroxylation sites is 1. The van der Waals surface area contributed by atoms with E-state index in [1.165, 1.54) is 4.68 Å². The Labute approximate surface area is 175 Å². The van der Waals surface area contributed by atoms with Crippen molar-refractivity contribution >= 4 is 10.9 Å². The first-order valence-corrected chi connectivity index (χ1v) is 10.9. The molecule has 2 fully saturated rings. The molecular formula is C23H27N5O2. The van der Waals surface area contributed by atoms with E-state index in [0.717, 1.165) is 62.0 Å². The minimum absolute atomic E-state index is 0.0424. The van der Waals surface area contributed by atoms with Crippen molar-refractivity contribution in [3.63, 3.8) is 0 Å². The van der Waals surface area contributed by atoms with Gasteiger partial charge in [-0.1, -0.05) is 25.0 Å². The summed E-state index contributed by atoms with van der Waals surface area (Å²) in [5.41, 5.74) is 1.50. The number of aromatic nitrogens is 4. The van der Waals surface area contributed by atoms with Gasteiger partial charge in [0.15, 0.2) is 0 Å². The molecule has 0 spiro atoms. The number of nitrogens with zero attached hydrogens (tertiary/aromatic N) is 5. The number of benzene rings is 1. The Kier molecular flexibility index (Phi) is 4.98. The molecule has 0 amide bonds. The molecule has 3 heterocycles. The summed E-state index contributed by atoms with van der Waals surface area (Å²) in [5, 5.41) is 4.73. The van der Waals surface area contributed by atoms with Crippen LogP contribution < -0.4 is 11.1 Å². The van der Waals surface area contributed by atoms with Crippen molar-refractivity contribution in [1.82, 2.24) is 24.2 Å². The van der Waals surface area contributed by atoms with Crippen LogP contribution in [0.3, 0.4) is 0 Å². The first-order valence-electron chi connectivity index (χ1n) is 10.9. The zero-order valence-electron chi connectivity index (χ0n) is 17.3. The van der Waals surface area contributed by atoms with Gasteiger partial charge in [-0.15, -0.1) is 0 Å². The largest absolute Gasteiger partial charge is 0.292 e. The molecule has 2 aromatic heterocycles. The number of likely N-dealkylation sites (tertiary alicyclic amines) is 1. The molecule has 7 heteroatoms. The zero-order valence-corrected chi connectivity index (χ0v) is 17.3. The highest BCUT2D eigenvalue weighted by molar-refractivity contribution is 5.77. The predicted octanol–water partition coefficient (Wildman–Crippen LogP) is 2.94. The number of fused-ring (bicyclic) bond motifs is 1. The summed E-state index contributed by atoms with van der Waals surface area (Å²) in [7, 11) is 1.68. The standard InChI is InChI=1S/C23H27N5O2/c1-26-22(29)16(12-13-24-26)15-27-14-6-11-20(27)21-25-19-10-5-4-9-18(19)23(30)28(21)17-7-2-3-8-17/h4-5,9-10,12-13,17,20H,2-3,6-8,11,14-15H2,1H3. The second-order valence-electron chi connectivity index (χ2n) is 8.51. The summed E-state index contributed by atoms with van der Waals surface area (Å²) >= 11 is 0. The van der Waals surface area contributed by atoms with E-state index in [4.69, 9.17) is 4.98 Å². The monoisotopic (exact) mass is 405 g/mol. The van der Waals surface area contributed by atoms with Crippen LogP contribution in [0.15, 0.2) is 46.1 Å². The number of hydrogen-bond acceptors (Lipinski definition) is 5. The molecule has 1 unspecified atom stereocenters. The summed E-state index contributed by atoms with van der Waals surface area (Å²) in [6, 6.07) is 9.72. The van der Waals surface area contributed by atoms with Crippen LogP contribution in [0.25, 0.3) is 10.9 Å². The lowest BCUT2D eigenvalue weighted by Crippen LogP contribution is -2.35. The molecule has 7 nitrogen and oxygen atoms in total. The fourth-order valence-corrected chi connectivity index (χ4v) is 5.12. The highest BCUT2D eigenvalue weighted by Crippen LogP contribution is 2.36. The van der Waals surface area contributed by atoms with Gasteiger partial charge in [-0.2, -0.15) is 5.10 Å². The SMILES string of the molecule is Cn1nccc(CN2CCCC2c2nc3ccccc3c(=O)n2C2CCCC2)c1=O. The van der Waals surface area contributed by atoms with Crippen LogP contribution in [0.1, 0.15) is 62.0 Å². The maximum absolute atomic E-state index is 13.5. The summed E-state index contributed by atoms with van der Waals surface area (Å²) in [6.07, 6.45) is 8.03. The highest BCUT2D eigenvalue weighted by atomic mass is 16.1. The number of aryl methyl sites for hydroxylation is 1. The summed E-state index contributed by atoms with van der Waals surface area (Å²) < 4.78 is 3.37. The Bertz CT molecular complexity index is 1190. The Morgan fingerprint density at radius 1 is 1.00 bits per heavy atom. The minimum Gasteiger partial charge on any atom is -0.292 e. The van der Waals surface area contributed by atoms with Crippen LogP contribution in [-0.2, 0) is 13.6 Å². The van der Waals surface area contributed by atoms with Gasteiger partial charge >= 0.3 is 0 Å². The maximum Gasteiger partial charge on any atom is 0.270 e. The topological polar surface area (TPSA) is 73.0 Å². The number of hydrogen-bond donors (Lipinski definition) is 0. The van der Waals surface area contributed by atoms with Crippen molar-refractivity contribution in [1.29, 1.82) is 0 Å². The first kappa shape index (κ1) is 19.2. The lowest BCUT2D eigenvalue weighted by molar-refractivity contribution is 0.227. The van der Waals surface area contributed by atoms with Crippen LogP contribution >= 0.6 is 0 Å². The van der Waals surface area contributed by atoms with Crippen molar-refractivity contribution in [3.05, 3.63) is 68.6 Å². The molecular weight excluding hydrogens is 378 g/mol. The van der Waals surface area contributed by atoms with Crippen molar-refractivity contribution in [3.8, 4) is 0 Å². The van der Waals surface area contributed by atoms with E-state index in [1.807, 2.05) is 28.8 Å². The van der Waals surface area contributed by atoms with Crippen LogP contribution in [0.2, 0.25) is 0 Å². The highest BCUT2D eigenvalue weighted by Gasteiger charge is 2.33. The third-order valence-corrected chi connectivity index (χ3v) is 6.64. The van der Waals surface area contributed by atoms with Gasteiger partial charge in [-0.25, -0.2) is 9.67 Å². The smallest absolute Gasteiger partial charge is 0.270 e. The van der Waals surface area contributed by atoms with E-state index in [1.54, 1.807) is 19.3 Å². The zero-order chi connectivity index (χ0) is 20.7.